The molecule has 3 heteroatoms. The maximum absolute atomic E-state index is 12.0. The maximum atomic E-state index is 12.0. The fourth-order valence-corrected chi connectivity index (χ4v) is 3.19. The van der Waals surface area contributed by atoms with Gasteiger partial charge in [-0.1, -0.05) is 31.5 Å². The minimum atomic E-state index is 0.0668. The molecule has 0 aliphatic carbocycles. The second-order valence-electron chi connectivity index (χ2n) is 4.02. The van der Waals surface area contributed by atoms with Gasteiger partial charge in [0.25, 0.3) is 5.91 Å². The SMILES string of the molecule is CCCc1c(C(=O)NCC)sc2ccccc12. The van der Waals surface area contributed by atoms with Crippen molar-refractivity contribution >= 4 is 27.3 Å². The van der Waals surface area contributed by atoms with Crippen LogP contribution in [0.2, 0.25) is 0 Å². The van der Waals surface area contributed by atoms with Gasteiger partial charge in [-0.3, -0.25) is 4.79 Å². The largest absolute Gasteiger partial charge is 0.352 e. The summed E-state index contributed by atoms with van der Waals surface area (Å²) in [6.07, 6.45) is 2.03. The molecule has 0 saturated heterocycles. The van der Waals surface area contributed by atoms with Crippen molar-refractivity contribution in [3.63, 3.8) is 0 Å². The zero-order valence-corrected chi connectivity index (χ0v) is 11.1. The van der Waals surface area contributed by atoms with Crippen molar-refractivity contribution in [1.82, 2.24) is 5.32 Å². The molecule has 2 aromatic rings. The van der Waals surface area contributed by atoms with Crippen molar-refractivity contribution < 1.29 is 4.79 Å². The quantitative estimate of drug-likeness (QED) is 0.878. The fraction of sp³-hybridized carbons (Fsp3) is 0.357. The summed E-state index contributed by atoms with van der Waals surface area (Å²) in [4.78, 5) is 12.9. The van der Waals surface area contributed by atoms with Gasteiger partial charge < -0.3 is 5.32 Å². The van der Waals surface area contributed by atoms with Crippen LogP contribution in [-0.2, 0) is 6.42 Å². The van der Waals surface area contributed by atoms with Crippen molar-refractivity contribution in [2.45, 2.75) is 26.7 Å². The number of nitrogens with one attached hydrogen (secondary N) is 1. The number of carbonyl (C=O) groups excluding carboxylic acids is 1. The van der Waals surface area contributed by atoms with E-state index in [4.69, 9.17) is 0 Å². The monoisotopic (exact) mass is 247 g/mol. The summed E-state index contributed by atoms with van der Waals surface area (Å²) >= 11 is 1.60. The molecule has 1 aromatic carbocycles. The second-order valence-corrected chi connectivity index (χ2v) is 5.07. The minimum absolute atomic E-state index is 0.0668. The first-order valence-corrected chi connectivity index (χ1v) is 6.88. The summed E-state index contributed by atoms with van der Waals surface area (Å²) in [7, 11) is 0. The molecule has 1 amide bonds. The van der Waals surface area contributed by atoms with Crippen LogP contribution in [0.5, 0.6) is 0 Å². The van der Waals surface area contributed by atoms with E-state index in [1.807, 2.05) is 19.1 Å². The Bertz CT molecular complexity index is 530. The van der Waals surface area contributed by atoms with E-state index in [1.165, 1.54) is 15.6 Å². The molecule has 0 bridgehead atoms. The number of carbonyl (C=O) groups is 1. The van der Waals surface area contributed by atoms with Crippen LogP contribution in [0.15, 0.2) is 24.3 Å². The smallest absolute Gasteiger partial charge is 0.261 e. The topological polar surface area (TPSA) is 29.1 Å². The van der Waals surface area contributed by atoms with Crippen molar-refractivity contribution in [3.05, 3.63) is 34.7 Å². The van der Waals surface area contributed by atoms with Gasteiger partial charge in [-0.15, -0.1) is 11.3 Å². The molecule has 0 aliphatic rings. The predicted molar refractivity (Wildman–Crippen MR) is 73.8 cm³/mol. The van der Waals surface area contributed by atoms with E-state index in [9.17, 15) is 4.79 Å². The molecule has 0 unspecified atom stereocenters. The Labute approximate surface area is 106 Å². The lowest BCUT2D eigenvalue weighted by molar-refractivity contribution is 0.0959. The summed E-state index contributed by atoms with van der Waals surface area (Å²) < 4.78 is 1.21. The van der Waals surface area contributed by atoms with Crippen LogP contribution >= 0.6 is 11.3 Å². The summed E-state index contributed by atoms with van der Waals surface area (Å²) in [6, 6.07) is 8.26. The second kappa shape index (κ2) is 5.32. The maximum Gasteiger partial charge on any atom is 0.261 e. The van der Waals surface area contributed by atoms with Crippen LogP contribution in [0.25, 0.3) is 10.1 Å². The van der Waals surface area contributed by atoms with Crippen molar-refractivity contribution in [3.8, 4) is 0 Å². The molecular weight excluding hydrogens is 230 g/mol. The minimum Gasteiger partial charge on any atom is -0.352 e. The Kier molecular flexibility index (Phi) is 3.79. The Hall–Kier alpha value is -1.35. The van der Waals surface area contributed by atoms with Gasteiger partial charge in [0.1, 0.15) is 0 Å². The molecule has 0 fully saturated rings. The molecule has 2 nitrogen and oxygen atoms in total. The molecule has 0 atom stereocenters. The van der Waals surface area contributed by atoms with E-state index in [2.05, 4.69) is 24.4 Å². The highest BCUT2D eigenvalue weighted by molar-refractivity contribution is 7.21. The third kappa shape index (κ3) is 2.34. The Morgan fingerprint density at radius 1 is 1.29 bits per heavy atom. The van der Waals surface area contributed by atoms with Crippen LogP contribution in [0, 0.1) is 0 Å². The molecule has 0 saturated carbocycles. The van der Waals surface area contributed by atoms with Crippen LogP contribution in [0.1, 0.15) is 35.5 Å². The number of hydrogen-bond acceptors (Lipinski definition) is 2. The predicted octanol–water partition coefficient (Wildman–Crippen LogP) is 3.60. The van der Waals surface area contributed by atoms with Crippen molar-refractivity contribution in [2.24, 2.45) is 0 Å². The zero-order valence-electron chi connectivity index (χ0n) is 10.2. The summed E-state index contributed by atoms with van der Waals surface area (Å²) in [5.74, 6) is 0.0668. The molecule has 0 aliphatic heterocycles. The van der Waals surface area contributed by atoms with Gasteiger partial charge in [0.05, 0.1) is 4.88 Å². The third-order valence-electron chi connectivity index (χ3n) is 2.74. The molecule has 90 valence electrons. The average Bonchev–Trinajstić information content (AvgIpc) is 2.70. The van der Waals surface area contributed by atoms with Gasteiger partial charge in [0, 0.05) is 11.2 Å². The number of fused-ring (bicyclic) bond motifs is 1. The highest BCUT2D eigenvalue weighted by Gasteiger charge is 2.16. The summed E-state index contributed by atoms with van der Waals surface area (Å²) in [5, 5.41) is 4.13. The first-order chi connectivity index (χ1) is 8.27. The Morgan fingerprint density at radius 3 is 2.76 bits per heavy atom. The van der Waals surface area contributed by atoms with E-state index < -0.39 is 0 Å². The average molecular weight is 247 g/mol. The first-order valence-electron chi connectivity index (χ1n) is 6.06. The van der Waals surface area contributed by atoms with Gasteiger partial charge in [-0.05, 0) is 30.4 Å². The lowest BCUT2D eigenvalue weighted by atomic mass is 10.1. The third-order valence-corrected chi connectivity index (χ3v) is 3.95. The molecule has 0 radical (unpaired) electrons. The van der Waals surface area contributed by atoms with Gasteiger partial charge >= 0.3 is 0 Å². The van der Waals surface area contributed by atoms with E-state index in [1.54, 1.807) is 11.3 Å². The van der Waals surface area contributed by atoms with E-state index in [0.29, 0.717) is 6.54 Å². The molecule has 2 rings (SSSR count). The van der Waals surface area contributed by atoms with Gasteiger partial charge in [-0.25, -0.2) is 0 Å². The molecule has 17 heavy (non-hydrogen) atoms. The highest BCUT2D eigenvalue weighted by Crippen LogP contribution is 2.32. The lowest BCUT2D eigenvalue weighted by Gasteiger charge is -2.03. The number of hydrogen-bond donors (Lipinski definition) is 1. The van der Waals surface area contributed by atoms with Gasteiger partial charge in [-0.2, -0.15) is 0 Å². The number of thiophene rings is 1. The van der Waals surface area contributed by atoms with E-state index in [0.717, 1.165) is 17.7 Å². The summed E-state index contributed by atoms with van der Waals surface area (Å²) in [5.41, 5.74) is 1.21. The van der Waals surface area contributed by atoms with Crippen LogP contribution < -0.4 is 5.32 Å². The van der Waals surface area contributed by atoms with Crippen LogP contribution in [0.4, 0.5) is 0 Å². The molecule has 1 aromatic heterocycles. The number of benzene rings is 1. The lowest BCUT2D eigenvalue weighted by Crippen LogP contribution is -2.22. The molecular formula is C14H17NOS. The van der Waals surface area contributed by atoms with Crippen molar-refractivity contribution in [2.75, 3.05) is 6.54 Å². The first kappa shape index (κ1) is 12.1. The van der Waals surface area contributed by atoms with Crippen molar-refractivity contribution in [1.29, 1.82) is 0 Å². The Balaban J connectivity index is 2.53. The van der Waals surface area contributed by atoms with E-state index in [-0.39, 0.29) is 5.91 Å². The van der Waals surface area contributed by atoms with E-state index >= 15 is 0 Å². The molecule has 1 heterocycles. The fourth-order valence-electron chi connectivity index (χ4n) is 2.02. The molecule has 0 spiro atoms. The normalized spacial score (nSPS) is 10.7. The van der Waals surface area contributed by atoms with Gasteiger partial charge in [0.2, 0.25) is 0 Å². The Morgan fingerprint density at radius 2 is 2.06 bits per heavy atom. The molecule has 1 N–H and O–H groups in total. The zero-order chi connectivity index (χ0) is 12.3. The van der Waals surface area contributed by atoms with Gasteiger partial charge in [0.15, 0.2) is 0 Å². The summed E-state index contributed by atoms with van der Waals surface area (Å²) in [6.45, 7) is 4.78. The standard InChI is InChI=1S/C14H17NOS/c1-3-7-11-10-8-5-6-9-12(10)17-13(11)14(16)15-4-2/h5-6,8-9H,3-4,7H2,1-2H3,(H,15,16). The number of rotatable bonds is 4. The van der Waals surface area contributed by atoms with Crippen LogP contribution in [0.3, 0.4) is 0 Å². The number of aryl methyl sites for hydroxylation is 1. The van der Waals surface area contributed by atoms with Crippen LogP contribution in [-0.4, -0.2) is 12.5 Å². The number of amides is 1. The highest BCUT2D eigenvalue weighted by atomic mass is 32.1.